The summed E-state index contributed by atoms with van der Waals surface area (Å²) in [5, 5.41) is 14.8. The summed E-state index contributed by atoms with van der Waals surface area (Å²) in [5.74, 6) is -1.49. The van der Waals surface area contributed by atoms with Crippen molar-refractivity contribution in [1.82, 2.24) is 10.6 Å². The van der Waals surface area contributed by atoms with Crippen LogP contribution in [0.25, 0.3) is 11.1 Å². The van der Waals surface area contributed by atoms with Gasteiger partial charge >= 0.3 is 12.1 Å². The highest BCUT2D eigenvalue weighted by atomic mass is 16.5. The minimum atomic E-state index is -1.04. The number of carboxylic acid groups (broad SMARTS) is 1. The number of nitrogens with one attached hydrogen (secondary N) is 2. The van der Waals surface area contributed by atoms with Crippen LogP contribution in [0.1, 0.15) is 50.2 Å². The lowest BCUT2D eigenvalue weighted by Crippen LogP contribution is -2.59. The first-order valence-corrected chi connectivity index (χ1v) is 11.9. The van der Waals surface area contributed by atoms with Crippen molar-refractivity contribution in [3.63, 3.8) is 0 Å². The van der Waals surface area contributed by atoms with Crippen LogP contribution in [-0.4, -0.2) is 54.5 Å². The van der Waals surface area contributed by atoms with Crippen LogP contribution in [0.15, 0.2) is 48.5 Å². The van der Waals surface area contributed by atoms with Gasteiger partial charge in [-0.1, -0.05) is 48.5 Å². The topological polar surface area (TPSA) is 114 Å². The van der Waals surface area contributed by atoms with Crippen molar-refractivity contribution in [1.29, 1.82) is 0 Å². The molecule has 8 heteroatoms. The van der Waals surface area contributed by atoms with Crippen LogP contribution in [-0.2, 0) is 19.1 Å². The Morgan fingerprint density at radius 2 is 1.63 bits per heavy atom. The van der Waals surface area contributed by atoms with Crippen molar-refractivity contribution in [3.05, 3.63) is 59.7 Å². The van der Waals surface area contributed by atoms with Crippen molar-refractivity contribution < 1.29 is 29.0 Å². The highest BCUT2D eigenvalue weighted by molar-refractivity contribution is 5.87. The molecule has 2 aliphatic carbocycles. The van der Waals surface area contributed by atoms with E-state index in [9.17, 15) is 19.5 Å². The lowest BCUT2D eigenvalue weighted by molar-refractivity contribution is -0.139. The SMILES string of the molecule is CO[C@H](C)[C@H](NC(=O)OCC1c2ccccc2-c2ccccc21)C(=O)NC(C)(CC(=O)O)C1CC1. The highest BCUT2D eigenvalue weighted by Gasteiger charge is 2.45. The lowest BCUT2D eigenvalue weighted by atomic mass is 9.91. The Hall–Kier alpha value is -3.39. The molecule has 4 rings (SSSR count). The Labute approximate surface area is 205 Å². The number of rotatable bonds is 10. The van der Waals surface area contributed by atoms with E-state index >= 15 is 0 Å². The van der Waals surface area contributed by atoms with Crippen LogP contribution in [0, 0.1) is 5.92 Å². The summed E-state index contributed by atoms with van der Waals surface area (Å²) < 4.78 is 10.9. The second-order valence-electron chi connectivity index (χ2n) is 9.64. The molecule has 1 unspecified atom stereocenters. The van der Waals surface area contributed by atoms with E-state index in [1.807, 2.05) is 36.4 Å². The zero-order valence-electron chi connectivity index (χ0n) is 20.2. The first kappa shape index (κ1) is 24.7. The van der Waals surface area contributed by atoms with Gasteiger partial charge in [-0.3, -0.25) is 9.59 Å². The molecular formula is C27H32N2O6. The van der Waals surface area contributed by atoms with Gasteiger partial charge < -0.3 is 25.2 Å². The predicted octanol–water partition coefficient (Wildman–Crippen LogP) is 3.69. The summed E-state index contributed by atoms with van der Waals surface area (Å²) in [4.78, 5) is 37.3. The van der Waals surface area contributed by atoms with Gasteiger partial charge in [0.15, 0.2) is 0 Å². The molecule has 0 spiro atoms. The Balaban J connectivity index is 1.43. The molecule has 0 aliphatic heterocycles. The first-order chi connectivity index (χ1) is 16.7. The summed E-state index contributed by atoms with van der Waals surface area (Å²) in [7, 11) is 1.45. The number of aliphatic carboxylic acids is 1. The number of methoxy groups -OCH3 is 1. The number of benzene rings is 2. The van der Waals surface area contributed by atoms with E-state index in [-0.39, 0.29) is 24.9 Å². The molecule has 3 atom stereocenters. The second kappa shape index (κ2) is 10.1. The molecule has 35 heavy (non-hydrogen) atoms. The second-order valence-corrected chi connectivity index (χ2v) is 9.64. The quantitative estimate of drug-likeness (QED) is 0.478. The number of hydrogen-bond donors (Lipinski definition) is 3. The Kier molecular flexibility index (Phi) is 7.12. The third kappa shape index (κ3) is 5.32. The van der Waals surface area contributed by atoms with E-state index in [2.05, 4.69) is 22.8 Å². The first-order valence-electron chi connectivity index (χ1n) is 11.9. The minimum Gasteiger partial charge on any atom is -0.481 e. The van der Waals surface area contributed by atoms with Gasteiger partial charge in [-0.15, -0.1) is 0 Å². The molecule has 3 N–H and O–H groups in total. The monoisotopic (exact) mass is 480 g/mol. The van der Waals surface area contributed by atoms with E-state index in [1.165, 1.54) is 7.11 Å². The minimum absolute atomic E-state index is 0.0931. The summed E-state index contributed by atoms with van der Waals surface area (Å²) in [6.07, 6.45) is 0.136. The summed E-state index contributed by atoms with van der Waals surface area (Å²) in [6, 6.07) is 15.0. The smallest absolute Gasteiger partial charge is 0.407 e. The number of carbonyl (C=O) groups excluding carboxylic acids is 2. The van der Waals surface area contributed by atoms with Crippen molar-refractivity contribution in [3.8, 4) is 11.1 Å². The lowest BCUT2D eigenvalue weighted by Gasteiger charge is -2.33. The van der Waals surface area contributed by atoms with Gasteiger partial charge in [-0.2, -0.15) is 0 Å². The zero-order chi connectivity index (χ0) is 25.2. The molecule has 2 aromatic rings. The van der Waals surface area contributed by atoms with Crippen molar-refractivity contribution in [2.24, 2.45) is 5.92 Å². The maximum absolute atomic E-state index is 13.1. The Bertz CT molecular complexity index is 1070. The third-order valence-corrected chi connectivity index (χ3v) is 7.15. The maximum Gasteiger partial charge on any atom is 0.407 e. The van der Waals surface area contributed by atoms with E-state index in [4.69, 9.17) is 9.47 Å². The van der Waals surface area contributed by atoms with Gasteiger partial charge in [0, 0.05) is 13.0 Å². The molecule has 2 amide bonds. The normalized spacial score (nSPS) is 17.9. The van der Waals surface area contributed by atoms with Crippen LogP contribution >= 0.6 is 0 Å². The van der Waals surface area contributed by atoms with E-state index in [1.54, 1.807) is 13.8 Å². The average molecular weight is 481 g/mol. The number of hydrogen-bond acceptors (Lipinski definition) is 5. The van der Waals surface area contributed by atoms with Gasteiger partial charge in [-0.05, 0) is 54.9 Å². The average Bonchev–Trinajstić information content (AvgIpc) is 3.64. The standard InChI is InChI=1S/C27H32N2O6/c1-16(34-3)24(25(32)29-27(2,14-23(30)31)17-12-13-17)28-26(33)35-15-22-20-10-6-4-8-18(20)19-9-5-7-11-21(19)22/h4-11,16-17,22,24H,12-15H2,1-3H3,(H,28,33)(H,29,32)(H,30,31)/t16-,24+,27?/m1/s1. The number of ether oxygens (including phenoxy) is 2. The predicted molar refractivity (Wildman–Crippen MR) is 130 cm³/mol. The van der Waals surface area contributed by atoms with Gasteiger partial charge in [0.25, 0.3) is 0 Å². The van der Waals surface area contributed by atoms with Crippen molar-refractivity contribution in [2.45, 2.75) is 56.7 Å². The van der Waals surface area contributed by atoms with Crippen molar-refractivity contribution in [2.75, 3.05) is 13.7 Å². The molecule has 8 nitrogen and oxygen atoms in total. The number of carboxylic acids is 1. The number of carbonyl (C=O) groups is 3. The number of fused-ring (bicyclic) bond motifs is 3. The molecule has 0 aromatic heterocycles. The van der Waals surface area contributed by atoms with Crippen LogP contribution in [0.2, 0.25) is 0 Å². The molecular weight excluding hydrogens is 448 g/mol. The third-order valence-electron chi connectivity index (χ3n) is 7.15. The Morgan fingerprint density at radius 1 is 1.06 bits per heavy atom. The molecule has 0 heterocycles. The summed E-state index contributed by atoms with van der Waals surface area (Å²) >= 11 is 0. The van der Waals surface area contributed by atoms with E-state index in [0.717, 1.165) is 35.1 Å². The zero-order valence-corrected chi connectivity index (χ0v) is 20.2. The van der Waals surface area contributed by atoms with Crippen LogP contribution in [0.3, 0.4) is 0 Å². The van der Waals surface area contributed by atoms with Crippen LogP contribution < -0.4 is 10.6 Å². The molecule has 0 radical (unpaired) electrons. The van der Waals surface area contributed by atoms with Gasteiger partial charge in [-0.25, -0.2) is 4.79 Å². The fourth-order valence-corrected chi connectivity index (χ4v) is 4.98. The maximum atomic E-state index is 13.1. The summed E-state index contributed by atoms with van der Waals surface area (Å²) in [5.41, 5.74) is 3.54. The molecule has 0 saturated heterocycles. The summed E-state index contributed by atoms with van der Waals surface area (Å²) in [6.45, 7) is 3.52. The number of amides is 2. The molecule has 2 aromatic carbocycles. The molecule has 1 fully saturated rings. The van der Waals surface area contributed by atoms with Crippen LogP contribution in [0.4, 0.5) is 4.79 Å². The molecule has 1 saturated carbocycles. The largest absolute Gasteiger partial charge is 0.481 e. The van der Waals surface area contributed by atoms with Gasteiger partial charge in [0.1, 0.15) is 12.6 Å². The highest BCUT2D eigenvalue weighted by Crippen LogP contribution is 2.44. The molecule has 2 aliphatic rings. The van der Waals surface area contributed by atoms with E-state index in [0.29, 0.717) is 0 Å². The fourth-order valence-electron chi connectivity index (χ4n) is 4.98. The molecule has 0 bridgehead atoms. The van der Waals surface area contributed by atoms with Gasteiger partial charge in [0.2, 0.25) is 5.91 Å². The number of alkyl carbamates (subject to hydrolysis) is 1. The van der Waals surface area contributed by atoms with Gasteiger partial charge in [0.05, 0.1) is 18.1 Å². The van der Waals surface area contributed by atoms with E-state index < -0.39 is 35.7 Å². The van der Waals surface area contributed by atoms with Crippen molar-refractivity contribution >= 4 is 18.0 Å². The van der Waals surface area contributed by atoms with Crippen LogP contribution in [0.5, 0.6) is 0 Å². The molecule has 186 valence electrons. The fraction of sp³-hybridized carbons (Fsp3) is 0.444. The Morgan fingerprint density at radius 3 is 2.14 bits per heavy atom.